The number of hydrogen-bond donors (Lipinski definition) is 0. The van der Waals surface area contributed by atoms with E-state index in [2.05, 4.69) is 0 Å². The smallest absolute Gasteiger partial charge is 0.198 e. The van der Waals surface area contributed by atoms with Crippen LogP contribution >= 0.6 is 0 Å². The van der Waals surface area contributed by atoms with Crippen molar-refractivity contribution in [2.45, 2.75) is 13.8 Å². The standard InChI is InChI=1S/2C11H3F7/c2*1-2-5(12)3-4(7(14)6(2)13)9(16)11(18)10(17)8(3)15/h2*1H3. The highest BCUT2D eigenvalue weighted by Crippen LogP contribution is 2.35. The van der Waals surface area contributed by atoms with Crippen LogP contribution in [-0.4, -0.2) is 0 Å². The van der Waals surface area contributed by atoms with Gasteiger partial charge in [0.1, 0.15) is 11.6 Å². The predicted octanol–water partition coefficient (Wildman–Crippen LogP) is 8.24. The minimum atomic E-state index is -2.33. The van der Waals surface area contributed by atoms with E-state index in [0.29, 0.717) is 0 Å². The summed E-state index contributed by atoms with van der Waals surface area (Å²) in [6.45, 7) is 1.51. The fourth-order valence-corrected chi connectivity index (χ4v) is 3.20. The summed E-state index contributed by atoms with van der Waals surface area (Å²) in [5.74, 6) is -28.7. The zero-order valence-corrected chi connectivity index (χ0v) is 17.3. The normalized spacial score (nSPS) is 11.3. The quantitative estimate of drug-likeness (QED) is 0.121. The lowest BCUT2D eigenvalue weighted by molar-refractivity contribution is 0.411. The number of hydrogen-bond acceptors (Lipinski definition) is 0. The number of rotatable bonds is 0. The summed E-state index contributed by atoms with van der Waals surface area (Å²) in [5, 5.41) is -6.09. The average Bonchev–Trinajstić information content (AvgIpc) is 2.85. The lowest BCUT2D eigenvalue weighted by Gasteiger charge is -2.09. The number of fused-ring (bicyclic) bond motifs is 2. The molecule has 192 valence electrons. The van der Waals surface area contributed by atoms with Crippen molar-refractivity contribution < 1.29 is 61.5 Å². The van der Waals surface area contributed by atoms with Crippen LogP contribution in [0.4, 0.5) is 61.5 Å². The topological polar surface area (TPSA) is 0 Å². The Hall–Kier alpha value is -3.58. The number of halogens is 14. The van der Waals surface area contributed by atoms with Crippen molar-refractivity contribution in [2.24, 2.45) is 0 Å². The van der Waals surface area contributed by atoms with Crippen LogP contribution in [0.5, 0.6) is 0 Å². The molecule has 4 aromatic rings. The van der Waals surface area contributed by atoms with Crippen molar-refractivity contribution in [1.82, 2.24) is 0 Å². The van der Waals surface area contributed by atoms with E-state index in [-0.39, 0.29) is 0 Å². The molecule has 0 aliphatic carbocycles. The van der Waals surface area contributed by atoms with Gasteiger partial charge in [0, 0.05) is 11.1 Å². The van der Waals surface area contributed by atoms with Crippen LogP contribution in [-0.2, 0) is 0 Å². The third-order valence-electron chi connectivity index (χ3n) is 5.11. The van der Waals surface area contributed by atoms with Crippen LogP contribution in [0.15, 0.2) is 0 Å². The van der Waals surface area contributed by atoms with E-state index < -0.39 is 114 Å². The lowest BCUT2D eigenvalue weighted by Crippen LogP contribution is -2.05. The molecule has 0 unspecified atom stereocenters. The molecule has 0 radical (unpaired) electrons. The van der Waals surface area contributed by atoms with Crippen molar-refractivity contribution in [3.05, 3.63) is 92.6 Å². The SMILES string of the molecule is Cc1c(F)c(F)c2c(F)c(F)c(F)c(F)c2c1F.Cc1c(F)c(F)c2c(F)c(F)c(F)c(F)c2c1F. The average molecular weight is 536 g/mol. The molecule has 0 fully saturated rings. The van der Waals surface area contributed by atoms with Crippen LogP contribution in [0.25, 0.3) is 21.5 Å². The van der Waals surface area contributed by atoms with Crippen LogP contribution in [0.1, 0.15) is 11.1 Å². The van der Waals surface area contributed by atoms with Gasteiger partial charge in [-0.2, -0.15) is 0 Å². The molecule has 14 heteroatoms. The Morgan fingerprint density at radius 2 is 0.389 bits per heavy atom. The molecule has 0 bridgehead atoms. The van der Waals surface area contributed by atoms with Gasteiger partial charge in [0.15, 0.2) is 69.8 Å². The molecular weight excluding hydrogens is 530 g/mol. The van der Waals surface area contributed by atoms with Crippen molar-refractivity contribution >= 4 is 21.5 Å². The van der Waals surface area contributed by atoms with E-state index in [1.807, 2.05) is 0 Å². The van der Waals surface area contributed by atoms with Gasteiger partial charge in [0.2, 0.25) is 0 Å². The third kappa shape index (κ3) is 3.69. The second kappa shape index (κ2) is 9.13. The second-order valence-corrected chi connectivity index (χ2v) is 7.15. The highest BCUT2D eigenvalue weighted by molar-refractivity contribution is 5.87. The van der Waals surface area contributed by atoms with Gasteiger partial charge in [0.05, 0.1) is 21.5 Å². The Morgan fingerprint density at radius 3 is 0.611 bits per heavy atom. The second-order valence-electron chi connectivity index (χ2n) is 7.15. The lowest BCUT2D eigenvalue weighted by atomic mass is 10.0. The molecule has 0 amide bonds. The van der Waals surface area contributed by atoms with E-state index in [0.717, 1.165) is 13.8 Å². The molecule has 0 nitrogen and oxygen atoms in total. The van der Waals surface area contributed by atoms with Gasteiger partial charge in [-0.25, -0.2) is 61.5 Å². The molecule has 0 aliphatic rings. The maximum Gasteiger partial charge on any atom is 0.198 e. The molecule has 4 rings (SSSR count). The third-order valence-corrected chi connectivity index (χ3v) is 5.11. The van der Waals surface area contributed by atoms with Gasteiger partial charge in [-0.15, -0.1) is 0 Å². The van der Waals surface area contributed by atoms with Crippen molar-refractivity contribution in [2.75, 3.05) is 0 Å². The van der Waals surface area contributed by atoms with E-state index in [9.17, 15) is 61.5 Å². The zero-order chi connectivity index (χ0) is 27.5. The van der Waals surface area contributed by atoms with Crippen molar-refractivity contribution in [1.29, 1.82) is 0 Å². The Balaban J connectivity index is 0.000000201. The molecule has 0 saturated heterocycles. The molecule has 0 heterocycles. The predicted molar refractivity (Wildman–Crippen MR) is 96.8 cm³/mol. The fourth-order valence-electron chi connectivity index (χ4n) is 3.20. The summed E-state index contributed by atoms with van der Waals surface area (Å²) in [4.78, 5) is 0. The first-order valence-electron chi connectivity index (χ1n) is 9.15. The molecule has 0 aromatic heterocycles. The molecule has 0 spiro atoms. The Bertz CT molecular complexity index is 1240. The van der Waals surface area contributed by atoms with Gasteiger partial charge in [-0.3, -0.25) is 0 Å². The van der Waals surface area contributed by atoms with Crippen LogP contribution < -0.4 is 0 Å². The van der Waals surface area contributed by atoms with E-state index >= 15 is 0 Å². The van der Waals surface area contributed by atoms with Gasteiger partial charge in [-0.05, 0) is 13.8 Å². The first kappa shape index (κ1) is 27.0. The van der Waals surface area contributed by atoms with E-state index in [1.54, 1.807) is 0 Å². The summed E-state index contributed by atoms with van der Waals surface area (Å²) in [7, 11) is 0. The van der Waals surface area contributed by atoms with E-state index in [4.69, 9.17) is 0 Å². The highest BCUT2D eigenvalue weighted by Gasteiger charge is 2.30. The summed E-state index contributed by atoms with van der Waals surface area (Å²) in [5.41, 5.74) is -1.91. The minimum Gasteiger partial charge on any atom is -0.206 e. The minimum absolute atomic E-state index is 0.756. The molecule has 0 atom stereocenters. The molecule has 36 heavy (non-hydrogen) atoms. The van der Waals surface area contributed by atoms with Crippen LogP contribution in [0.2, 0.25) is 0 Å². The maximum absolute atomic E-state index is 13.5. The van der Waals surface area contributed by atoms with E-state index in [1.165, 1.54) is 0 Å². The Kier molecular flexibility index (Phi) is 6.85. The fraction of sp³-hybridized carbons (Fsp3) is 0.0909. The summed E-state index contributed by atoms with van der Waals surface area (Å²) >= 11 is 0. The van der Waals surface area contributed by atoms with Gasteiger partial charge >= 0.3 is 0 Å². The summed E-state index contributed by atoms with van der Waals surface area (Å²) < 4.78 is 185. The summed E-state index contributed by atoms with van der Waals surface area (Å²) in [6.07, 6.45) is 0. The molecule has 0 N–H and O–H groups in total. The first-order chi connectivity index (χ1) is 16.6. The van der Waals surface area contributed by atoms with Crippen molar-refractivity contribution in [3.63, 3.8) is 0 Å². The largest absolute Gasteiger partial charge is 0.206 e. The Labute approximate surface area is 190 Å². The Morgan fingerprint density at radius 1 is 0.222 bits per heavy atom. The molecule has 4 aromatic carbocycles. The summed E-state index contributed by atoms with van der Waals surface area (Å²) in [6, 6.07) is 0. The van der Waals surface area contributed by atoms with Crippen LogP contribution in [0.3, 0.4) is 0 Å². The van der Waals surface area contributed by atoms with Gasteiger partial charge < -0.3 is 0 Å². The zero-order valence-electron chi connectivity index (χ0n) is 17.3. The monoisotopic (exact) mass is 536 g/mol. The molecule has 0 saturated carbocycles. The highest BCUT2D eigenvalue weighted by atomic mass is 19.2. The van der Waals surface area contributed by atoms with Gasteiger partial charge in [0.25, 0.3) is 0 Å². The van der Waals surface area contributed by atoms with Gasteiger partial charge in [-0.1, -0.05) is 0 Å². The van der Waals surface area contributed by atoms with Crippen LogP contribution in [0, 0.1) is 95.3 Å². The van der Waals surface area contributed by atoms with Crippen molar-refractivity contribution in [3.8, 4) is 0 Å². The maximum atomic E-state index is 13.5. The number of benzene rings is 4. The first-order valence-corrected chi connectivity index (χ1v) is 9.15. The molecular formula is C22H6F14. The molecule has 0 aliphatic heterocycles.